The summed E-state index contributed by atoms with van der Waals surface area (Å²) in [5, 5.41) is 2.63. The van der Waals surface area contributed by atoms with Crippen molar-refractivity contribution >= 4 is 43.7 Å². The first kappa shape index (κ1) is 14.0. The molecule has 2 aromatic heterocycles. The van der Waals surface area contributed by atoms with Crippen molar-refractivity contribution in [1.82, 2.24) is 5.43 Å². The summed E-state index contributed by atoms with van der Waals surface area (Å²) in [6.07, 6.45) is 0.556. The van der Waals surface area contributed by atoms with Crippen molar-refractivity contribution in [2.45, 2.75) is 12.5 Å². The molecule has 0 spiro atoms. The zero-order valence-electron chi connectivity index (χ0n) is 10.4. The van der Waals surface area contributed by atoms with Crippen LogP contribution in [0.15, 0.2) is 35.7 Å². The molecule has 104 valence electrons. The molecule has 3 rings (SSSR count). The van der Waals surface area contributed by atoms with Crippen LogP contribution in [0.1, 0.15) is 16.5 Å². The molecule has 1 unspecified atom stereocenters. The van der Waals surface area contributed by atoms with Gasteiger partial charge in [0.25, 0.3) is 0 Å². The van der Waals surface area contributed by atoms with Gasteiger partial charge in [-0.1, -0.05) is 11.6 Å². The van der Waals surface area contributed by atoms with Gasteiger partial charge in [0.15, 0.2) is 0 Å². The van der Waals surface area contributed by atoms with Gasteiger partial charge in [-0.15, -0.1) is 22.7 Å². The van der Waals surface area contributed by atoms with Gasteiger partial charge in [-0.2, -0.15) is 0 Å². The van der Waals surface area contributed by atoms with Crippen LogP contribution in [-0.4, -0.2) is 0 Å². The molecular formula is C14H12ClFN2S2. The van der Waals surface area contributed by atoms with E-state index < -0.39 is 0 Å². The fourth-order valence-corrected chi connectivity index (χ4v) is 4.49. The van der Waals surface area contributed by atoms with E-state index in [9.17, 15) is 4.39 Å². The predicted octanol–water partition coefficient (Wildman–Crippen LogP) is 4.50. The Morgan fingerprint density at radius 1 is 1.25 bits per heavy atom. The van der Waals surface area contributed by atoms with E-state index in [-0.39, 0.29) is 11.9 Å². The summed E-state index contributed by atoms with van der Waals surface area (Å²) in [6.45, 7) is 0. The number of hydrazine groups is 1. The molecule has 1 aromatic carbocycles. The number of nitrogens with one attached hydrogen (secondary N) is 1. The zero-order chi connectivity index (χ0) is 14.1. The summed E-state index contributed by atoms with van der Waals surface area (Å²) in [4.78, 5) is 1.13. The highest BCUT2D eigenvalue weighted by molar-refractivity contribution is 7.26. The van der Waals surface area contributed by atoms with Gasteiger partial charge in [0.2, 0.25) is 0 Å². The van der Waals surface area contributed by atoms with E-state index in [1.165, 1.54) is 21.5 Å². The van der Waals surface area contributed by atoms with Crippen molar-refractivity contribution in [3.8, 4) is 0 Å². The molecule has 1 atom stereocenters. The van der Waals surface area contributed by atoms with E-state index in [0.29, 0.717) is 11.4 Å². The quantitative estimate of drug-likeness (QED) is 0.547. The number of hydrogen-bond acceptors (Lipinski definition) is 4. The fourth-order valence-electron chi connectivity index (χ4n) is 2.12. The van der Waals surface area contributed by atoms with Crippen molar-refractivity contribution in [2.75, 3.05) is 0 Å². The van der Waals surface area contributed by atoms with E-state index in [0.717, 1.165) is 10.4 Å². The summed E-state index contributed by atoms with van der Waals surface area (Å²) >= 11 is 9.51. The van der Waals surface area contributed by atoms with Gasteiger partial charge < -0.3 is 0 Å². The van der Waals surface area contributed by atoms with E-state index in [4.69, 9.17) is 17.4 Å². The normalized spacial score (nSPS) is 12.9. The molecule has 0 aliphatic carbocycles. The van der Waals surface area contributed by atoms with E-state index in [1.54, 1.807) is 28.7 Å². The average Bonchev–Trinajstić information content (AvgIpc) is 3.00. The first-order valence-electron chi connectivity index (χ1n) is 6.04. The Hall–Kier alpha value is -0.980. The summed E-state index contributed by atoms with van der Waals surface area (Å²) in [6, 6.07) is 8.55. The smallest absolute Gasteiger partial charge is 0.123 e. The number of nitrogens with two attached hydrogens (primary N) is 1. The van der Waals surface area contributed by atoms with Gasteiger partial charge in [-0.25, -0.2) is 4.39 Å². The standard InChI is InChI=1S/C14H12ClFN2S2/c15-10-2-1-9(16)5-8(10)6-11(18-17)13-7-14-12(20-13)3-4-19-14/h1-5,7,11,18H,6,17H2. The first-order valence-corrected chi connectivity index (χ1v) is 8.12. The molecule has 2 heterocycles. The highest BCUT2D eigenvalue weighted by atomic mass is 35.5. The number of halogens is 2. The minimum Gasteiger partial charge on any atom is -0.271 e. The van der Waals surface area contributed by atoms with E-state index in [1.807, 2.05) is 0 Å². The minimum atomic E-state index is -0.285. The third-order valence-electron chi connectivity index (χ3n) is 3.13. The number of fused-ring (bicyclic) bond motifs is 1. The van der Waals surface area contributed by atoms with Crippen LogP contribution in [0, 0.1) is 5.82 Å². The summed E-state index contributed by atoms with van der Waals surface area (Å²) in [5.74, 6) is 5.37. The first-order chi connectivity index (χ1) is 9.67. The molecule has 6 heteroatoms. The molecule has 2 nitrogen and oxygen atoms in total. The van der Waals surface area contributed by atoms with Crippen LogP contribution < -0.4 is 11.3 Å². The Labute approximate surface area is 129 Å². The predicted molar refractivity (Wildman–Crippen MR) is 84.9 cm³/mol. The molecule has 3 aromatic rings. The summed E-state index contributed by atoms with van der Waals surface area (Å²) < 4.78 is 15.8. The van der Waals surface area contributed by atoms with Crippen LogP contribution in [0.5, 0.6) is 0 Å². The lowest BCUT2D eigenvalue weighted by Crippen LogP contribution is -2.29. The maximum absolute atomic E-state index is 13.3. The lowest BCUT2D eigenvalue weighted by atomic mass is 10.0. The monoisotopic (exact) mass is 326 g/mol. The Bertz CT molecular complexity index is 709. The van der Waals surface area contributed by atoms with Crippen LogP contribution in [0.4, 0.5) is 4.39 Å². The Balaban J connectivity index is 1.90. The lowest BCUT2D eigenvalue weighted by molar-refractivity contribution is 0.557. The van der Waals surface area contributed by atoms with Crippen LogP contribution in [0.2, 0.25) is 5.02 Å². The molecule has 0 saturated carbocycles. The fraction of sp³-hybridized carbons (Fsp3) is 0.143. The molecule has 0 saturated heterocycles. The topological polar surface area (TPSA) is 38.0 Å². The van der Waals surface area contributed by atoms with Crippen molar-refractivity contribution < 1.29 is 4.39 Å². The van der Waals surface area contributed by atoms with Gasteiger partial charge in [0, 0.05) is 19.3 Å². The van der Waals surface area contributed by atoms with Crippen molar-refractivity contribution in [2.24, 2.45) is 5.84 Å². The van der Waals surface area contributed by atoms with E-state index >= 15 is 0 Å². The van der Waals surface area contributed by atoms with Gasteiger partial charge in [0.05, 0.1) is 6.04 Å². The summed E-state index contributed by atoms with van der Waals surface area (Å²) in [7, 11) is 0. The molecule has 20 heavy (non-hydrogen) atoms. The molecule has 0 fully saturated rings. The van der Waals surface area contributed by atoms with Crippen LogP contribution in [0.3, 0.4) is 0 Å². The van der Waals surface area contributed by atoms with Crippen molar-refractivity contribution in [1.29, 1.82) is 0 Å². The highest BCUT2D eigenvalue weighted by Gasteiger charge is 2.16. The van der Waals surface area contributed by atoms with Crippen LogP contribution >= 0.6 is 34.3 Å². The zero-order valence-corrected chi connectivity index (χ0v) is 12.8. The third-order valence-corrected chi connectivity index (χ3v) is 5.71. The van der Waals surface area contributed by atoms with Gasteiger partial charge in [-0.3, -0.25) is 11.3 Å². The Morgan fingerprint density at radius 2 is 2.10 bits per heavy atom. The average molecular weight is 327 g/mol. The highest BCUT2D eigenvalue weighted by Crippen LogP contribution is 2.35. The minimum absolute atomic E-state index is 0.0705. The van der Waals surface area contributed by atoms with E-state index in [2.05, 4.69) is 22.9 Å². The molecule has 0 aliphatic heterocycles. The molecule has 0 amide bonds. The maximum atomic E-state index is 13.3. The lowest BCUT2D eigenvalue weighted by Gasteiger charge is -2.15. The second kappa shape index (κ2) is 5.79. The number of rotatable bonds is 4. The molecule has 0 radical (unpaired) electrons. The van der Waals surface area contributed by atoms with Crippen molar-refractivity contribution in [3.63, 3.8) is 0 Å². The summed E-state index contributed by atoms with van der Waals surface area (Å²) in [5.41, 5.74) is 3.55. The third kappa shape index (κ3) is 2.73. The van der Waals surface area contributed by atoms with Gasteiger partial charge in [0.1, 0.15) is 5.82 Å². The van der Waals surface area contributed by atoms with Crippen LogP contribution in [0.25, 0.3) is 9.40 Å². The molecule has 0 aliphatic rings. The largest absolute Gasteiger partial charge is 0.271 e. The maximum Gasteiger partial charge on any atom is 0.123 e. The second-order valence-electron chi connectivity index (χ2n) is 4.46. The molecule has 0 bridgehead atoms. The van der Waals surface area contributed by atoms with Gasteiger partial charge >= 0.3 is 0 Å². The Kier molecular flexibility index (Phi) is 4.05. The number of benzene rings is 1. The molecule has 3 N–H and O–H groups in total. The van der Waals surface area contributed by atoms with Crippen molar-refractivity contribution in [3.05, 3.63) is 57.0 Å². The number of hydrogen-bond donors (Lipinski definition) is 2. The van der Waals surface area contributed by atoms with Crippen LogP contribution in [-0.2, 0) is 6.42 Å². The molecular weight excluding hydrogens is 315 g/mol. The SMILES string of the molecule is NNC(Cc1cc(F)ccc1Cl)c1cc2sccc2s1. The Morgan fingerprint density at radius 3 is 2.85 bits per heavy atom. The second-order valence-corrected chi connectivity index (χ2v) is 6.93. The van der Waals surface area contributed by atoms with Gasteiger partial charge in [-0.05, 0) is 47.7 Å². The number of thiophene rings is 2.